The lowest BCUT2D eigenvalue weighted by atomic mass is 9.91. The average molecular weight is 475 g/mol. The maximum Gasteiger partial charge on any atom is 0.293 e. The van der Waals surface area contributed by atoms with Crippen molar-refractivity contribution in [1.82, 2.24) is 0 Å². The Morgan fingerprint density at radius 3 is 2.50 bits per heavy atom. The van der Waals surface area contributed by atoms with Crippen molar-refractivity contribution in [3.63, 3.8) is 0 Å². The fourth-order valence-electron chi connectivity index (χ4n) is 4.40. The zero-order chi connectivity index (χ0) is 24.1. The molecule has 4 N–H and O–H groups in total. The Morgan fingerprint density at radius 2 is 1.85 bits per heavy atom. The molecule has 0 aliphatic carbocycles. The van der Waals surface area contributed by atoms with E-state index in [0.29, 0.717) is 42.6 Å². The molecule has 9 heteroatoms. The van der Waals surface area contributed by atoms with Crippen LogP contribution in [0, 0.1) is 0 Å². The molecule has 2 heterocycles. The lowest BCUT2D eigenvalue weighted by Gasteiger charge is -2.33. The van der Waals surface area contributed by atoms with Crippen LogP contribution in [0.25, 0.3) is 21.9 Å². The van der Waals surface area contributed by atoms with E-state index in [9.17, 15) is 19.8 Å². The van der Waals surface area contributed by atoms with E-state index in [4.69, 9.17) is 18.6 Å². The van der Waals surface area contributed by atoms with Crippen molar-refractivity contribution >= 4 is 28.4 Å². The number of rotatable bonds is 6. The van der Waals surface area contributed by atoms with Crippen molar-refractivity contribution < 1.29 is 39.1 Å². The number of methoxy groups -OCH3 is 1. The minimum Gasteiger partial charge on any atom is -0.507 e. The van der Waals surface area contributed by atoms with Crippen molar-refractivity contribution in [2.45, 2.75) is 64.6 Å². The van der Waals surface area contributed by atoms with Gasteiger partial charge in [0.1, 0.15) is 39.3 Å². The van der Waals surface area contributed by atoms with Crippen molar-refractivity contribution in [2.75, 3.05) is 7.11 Å². The zero-order valence-electron chi connectivity index (χ0n) is 19.9. The van der Waals surface area contributed by atoms with Crippen LogP contribution in [0.3, 0.4) is 0 Å². The Balaban J connectivity index is 0.00000324. The third-order valence-electron chi connectivity index (χ3n) is 6.24. The summed E-state index contributed by atoms with van der Waals surface area (Å²) in [5.41, 5.74) is -0.321. The molecule has 184 valence electrons. The predicted octanol–water partition coefficient (Wildman–Crippen LogP) is 3.53. The number of ether oxygens (including phenoxy) is 3. The van der Waals surface area contributed by atoms with E-state index in [1.54, 1.807) is 19.9 Å². The zero-order valence-corrected chi connectivity index (χ0v) is 19.9. The highest BCUT2D eigenvalue weighted by Crippen LogP contribution is 2.44. The van der Waals surface area contributed by atoms with Gasteiger partial charge in [0.25, 0.3) is 6.47 Å². The van der Waals surface area contributed by atoms with Crippen molar-refractivity contribution in [3.05, 3.63) is 33.5 Å². The number of carbonyl (C=O) groups is 1. The highest BCUT2D eigenvalue weighted by atomic mass is 16.5. The molecular weight excluding hydrogens is 444 g/mol. The molecule has 0 bridgehead atoms. The van der Waals surface area contributed by atoms with E-state index in [2.05, 4.69) is 0 Å². The number of hydrogen-bond donors (Lipinski definition) is 2. The molecule has 0 radical (unpaired) electrons. The van der Waals surface area contributed by atoms with Crippen molar-refractivity contribution in [3.8, 4) is 23.0 Å². The van der Waals surface area contributed by atoms with Gasteiger partial charge in [-0.25, -0.2) is 0 Å². The first-order valence-electron chi connectivity index (χ1n) is 10.8. The molecule has 1 aliphatic heterocycles. The monoisotopic (exact) mass is 474 g/mol. The number of benzene rings is 2. The van der Waals surface area contributed by atoms with Gasteiger partial charge in [-0.15, -0.1) is 0 Å². The Labute approximate surface area is 196 Å². The first-order valence-corrected chi connectivity index (χ1v) is 10.8. The predicted molar refractivity (Wildman–Crippen MR) is 126 cm³/mol. The van der Waals surface area contributed by atoms with E-state index in [-0.39, 0.29) is 51.1 Å². The van der Waals surface area contributed by atoms with Gasteiger partial charge in [0.2, 0.25) is 5.43 Å². The van der Waals surface area contributed by atoms with Crippen molar-refractivity contribution in [2.24, 2.45) is 0 Å². The number of phenolic OH excluding ortho intramolecular Hbond substituents is 2. The minimum absolute atomic E-state index is 0. The summed E-state index contributed by atoms with van der Waals surface area (Å²) < 4.78 is 22.5. The van der Waals surface area contributed by atoms with Gasteiger partial charge < -0.3 is 34.3 Å². The van der Waals surface area contributed by atoms with Gasteiger partial charge in [0.05, 0.1) is 12.5 Å². The lowest BCUT2D eigenvalue weighted by Crippen LogP contribution is -2.32. The number of phenols is 2. The highest BCUT2D eigenvalue weighted by Gasteiger charge is 2.31. The Bertz CT molecular complexity index is 1320. The van der Waals surface area contributed by atoms with Gasteiger partial charge in [-0.2, -0.15) is 0 Å². The minimum atomic E-state index is -0.799. The van der Waals surface area contributed by atoms with Gasteiger partial charge in [-0.1, -0.05) is 0 Å². The Morgan fingerprint density at radius 1 is 1.18 bits per heavy atom. The third kappa shape index (κ3) is 4.23. The maximum absolute atomic E-state index is 13.7. The molecule has 0 atom stereocenters. The summed E-state index contributed by atoms with van der Waals surface area (Å²) in [5.74, 6) is 0.274. The van der Waals surface area contributed by atoms with Crippen LogP contribution in [0.2, 0.25) is 0 Å². The number of hydrogen-bond acceptors (Lipinski definition) is 8. The summed E-state index contributed by atoms with van der Waals surface area (Å²) in [7, 11) is 1.40. The average Bonchev–Trinajstić information content (AvgIpc) is 2.70. The molecule has 0 spiro atoms. The van der Waals surface area contributed by atoms with Gasteiger partial charge in [0.15, 0.2) is 11.5 Å². The van der Waals surface area contributed by atoms with Crippen LogP contribution in [-0.2, 0) is 22.4 Å². The summed E-state index contributed by atoms with van der Waals surface area (Å²) in [6, 6.07) is 2.95. The van der Waals surface area contributed by atoms with Gasteiger partial charge in [-0.3, -0.25) is 9.59 Å². The first kappa shape index (κ1) is 25.2. The quantitative estimate of drug-likeness (QED) is 0.407. The van der Waals surface area contributed by atoms with E-state index < -0.39 is 16.6 Å². The van der Waals surface area contributed by atoms with Crippen molar-refractivity contribution in [1.29, 1.82) is 0 Å². The van der Waals surface area contributed by atoms with E-state index in [1.165, 1.54) is 13.2 Å². The Kier molecular flexibility index (Phi) is 6.45. The number of carbonyl (C=O) groups excluding carboxylic acids is 1. The molecule has 0 unspecified atom stereocenters. The van der Waals surface area contributed by atoms with E-state index in [1.807, 2.05) is 13.8 Å². The van der Waals surface area contributed by atoms with E-state index in [0.717, 1.165) is 0 Å². The summed E-state index contributed by atoms with van der Waals surface area (Å²) >= 11 is 0. The molecule has 1 aromatic heterocycles. The SMILES string of the molecule is COc1c(O)cc2oc3cc4c(c(O)c3c(=O)c2c1CCC(C)(C)OC=O)CCC(C)(C)O4.O. The van der Waals surface area contributed by atoms with Gasteiger partial charge in [-0.05, 0) is 53.4 Å². The normalized spacial score (nSPS) is 14.7. The van der Waals surface area contributed by atoms with Crippen LogP contribution in [0.15, 0.2) is 21.3 Å². The Hall–Kier alpha value is -3.46. The van der Waals surface area contributed by atoms with Gasteiger partial charge in [0, 0.05) is 23.3 Å². The molecule has 2 aromatic carbocycles. The number of fused-ring (bicyclic) bond motifs is 3. The molecular formula is C25H30O9. The molecule has 0 fully saturated rings. The molecule has 9 nitrogen and oxygen atoms in total. The van der Waals surface area contributed by atoms with Crippen LogP contribution in [0.1, 0.15) is 51.7 Å². The summed E-state index contributed by atoms with van der Waals surface area (Å²) in [5, 5.41) is 21.8. The van der Waals surface area contributed by atoms with Gasteiger partial charge >= 0.3 is 0 Å². The fourth-order valence-corrected chi connectivity index (χ4v) is 4.40. The van der Waals surface area contributed by atoms with Crippen LogP contribution in [0.5, 0.6) is 23.0 Å². The van der Waals surface area contributed by atoms with E-state index >= 15 is 0 Å². The molecule has 1 aliphatic rings. The second-order valence-corrected chi connectivity index (χ2v) is 9.62. The summed E-state index contributed by atoms with van der Waals surface area (Å²) in [6.45, 7) is 7.79. The third-order valence-corrected chi connectivity index (χ3v) is 6.24. The van der Waals surface area contributed by atoms with Crippen LogP contribution >= 0.6 is 0 Å². The second kappa shape index (κ2) is 8.72. The number of aromatic hydroxyl groups is 2. The maximum atomic E-state index is 13.7. The molecule has 0 amide bonds. The highest BCUT2D eigenvalue weighted by molar-refractivity contribution is 5.97. The first-order chi connectivity index (χ1) is 15.5. The second-order valence-electron chi connectivity index (χ2n) is 9.62. The summed E-state index contributed by atoms with van der Waals surface area (Å²) in [6.07, 6.45) is 1.87. The number of aryl methyl sites for hydroxylation is 1. The molecule has 0 saturated carbocycles. The largest absolute Gasteiger partial charge is 0.507 e. The van der Waals surface area contributed by atoms with Crippen LogP contribution in [-0.4, -0.2) is 40.5 Å². The van der Waals surface area contributed by atoms with Crippen LogP contribution < -0.4 is 14.9 Å². The summed E-state index contributed by atoms with van der Waals surface area (Å²) in [4.78, 5) is 24.5. The topological polar surface area (TPSA) is 147 Å². The van der Waals surface area contributed by atoms with Crippen LogP contribution in [0.4, 0.5) is 0 Å². The molecule has 34 heavy (non-hydrogen) atoms. The lowest BCUT2D eigenvalue weighted by molar-refractivity contribution is -0.140. The molecule has 0 saturated heterocycles. The molecule has 4 rings (SSSR count). The standard InChI is InChI=1S/C25H28O8.H2O/c1-24(2,31-12-26)8-7-14-19-17(10-15(27)23(14)30-5)32-18-11-16-13(6-9-25(3,4)33-16)21(28)20(18)22(19)29;/h10-12,27-28H,6-9H2,1-5H3;1H2. The molecule has 3 aromatic rings. The fraction of sp³-hybridized carbons (Fsp3) is 0.440. The smallest absolute Gasteiger partial charge is 0.293 e.